The van der Waals surface area contributed by atoms with Crippen LogP contribution in [0, 0.1) is 0 Å². The first-order valence-corrected chi connectivity index (χ1v) is 13.1. The van der Waals surface area contributed by atoms with Gasteiger partial charge in [0.2, 0.25) is 6.79 Å². The summed E-state index contributed by atoms with van der Waals surface area (Å²) in [6.45, 7) is 4.69. The zero-order valence-corrected chi connectivity index (χ0v) is 20.8. The Balaban J connectivity index is 1.14. The Morgan fingerprint density at radius 2 is 1.78 bits per heavy atom. The summed E-state index contributed by atoms with van der Waals surface area (Å²) in [5, 5.41) is 0. The fraction of sp³-hybridized carbons (Fsp3) is 0.286. The van der Waals surface area contributed by atoms with Gasteiger partial charge in [-0.25, -0.2) is 0 Å². The van der Waals surface area contributed by atoms with E-state index in [1.54, 1.807) is 11.8 Å². The summed E-state index contributed by atoms with van der Waals surface area (Å²) in [6.07, 6.45) is 0.695. The topological polar surface area (TPSA) is 80.4 Å². The first-order valence-electron chi connectivity index (χ1n) is 12.3. The second-order valence-corrected chi connectivity index (χ2v) is 10.2. The predicted octanol–water partition coefficient (Wildman–Crippen LogP) is 4.31. The summed E-state index contributed by atoms with van der Waals surface area (Å²) in [5.41, 5.74) is 10.7. The Morgan fingerprint density at radius 1 is 0.944 bits per heavy atom. The van der Waals surface area contributed by atoms with Gasteiger partial charge in [-0.1, -0.05) is 36.0 Å². The van der Waals surface area contributed by atoms with E-state index in [-0.39, 0.29) is 12.7 Å². The summed E-state index contributed by atoms with van der Waals surface area (Å²) < 4.78 is 10.9. The van der Waals surface area contributed by atoms with Gasteiger partial charge in [0.1, 0.15) is 0 Å². The maximum atomic E-state index is 13.4. The highest BCUT2D eigenvalue weighted by Gasteiger charge is 2.24. The van der Waals surface area contributed by atoms with Gasteiger partial charge in [0, 0.05) is 60.1 Å². The van der Waals surface area contributed by atoms with Gasteiger partial charge >= 0.3 is 0 Å². The highest BCUT2D eigenvalue weighted by molar-refractivity contribution is 7.99. The monoisotopic (exact) mass is 500 g/mol. The lowest BCUT2D eigenvalue weighted by molar-refractivity contribution is 0.0628. The van der Waals surface area contributed by atoms with Crippen molar-refractivity contribution in [2.45, 2.75) is 22.8 Å². The molecule has 3 aromatic rings. The molecule has 1 saturated heterocycles. The van der Waals surface area contributed by atoms with Gasteiger partial charge in [0.05, 0.1) is 11.4 Å². The van der Waals surface area contributed by atoms with Crippen LogP contribution in [0.3, 0.4) is 0 Å². The van der Waals surface area contributed by atoms with E-state index in [9.17, 15) is 4.79 Å². The minimum Gasteiger partial charge on any atom is -0.454 e. The highest BCUT2D eigenvalue weighted by atomic mass is 32.2. The quantitative estimate of drug-likeness (QED) is 0.563. The van der Waals surface area contributed by atoms with Crippen LogP contribution in [-0.4, -0.2) is 60.9 Å². The van der Waals surface area contributed by atoms with Crippen LogP contribution in [0.15, 0.2) is 75.4 Å². The summed E-state index contributed by atoms with van der Waals surface area (Å²) in [6, 6.07) is 20.3. The molecule has 3 aromatic carbocycles. The number of rotatable bonds is 5. The van der Waals surface area contributed by atoms with Crippen molar-refractivity contribution in [1.29, 1.82) is 0 Å². The molecular formula is C28H28N4O3S. The van der Waals surface area contributed by atoms with Crippen molar-refractivity contribution in [2.24, 2.45) is 10.7 Å². The molecule has 0 bridgehead atoms. The molecule has 0 unspecified atom stereocenters. The molecule has 3 aliphatic rings. The number of benzene rings is 3. The lowest BCUT2D eigenvalue weighted by atomic mass is 10.1. The number of fused-ring (bicyclic) bond motifs is 3. The zero-order valence-electron chi connectivity index (χ0n) is 20.0. The van der Waals surface area contributed by atoms with Crippen LogP contribution in [-0.2, 0) is 6.54 Å². The van der Waals surface area contributed by atoms with Crippen molar-refractivity contribution in [2.75, 3.05) is 39.5 Å². The van der Waals surface area contributed by atoms with Gasteiger partial charge in [-0.2, -0.15) is 0 Å². The van der Waals surface area contributed by atoms with Gasteiger partial charge in [-0.05, 0) is 48.5 Å². The molecule has 184 valence electrons. The maximum absolute atomic E-state index is 13.4. The van der Waals surface area contributed by atoms with Crippen LogP contribution in [0.4, 0.5) is 5.69 Å². The standard InChI is InChI=1S/C28H28N4O3S/c29-10-9-22-21-3-1-2-4-26(21)36-27-8-6-20(16-23(27)30-22)28(33)32-13-11-31(12-14-32)17-19-5-7-24-25(15-19)35-18-34-24/h1-8,15-16H,9-14,17-18,29H2. The van der Waals surface area contributed by atoms with Gasteiger partial charge in [0.25, 0.3) is 5.91 Å². The van der Waals surface area contributed by atoms with E-state index in [0.717, 1.165) is 53.0 Å². The molecule has 2 N–H and O–H groups in total. The number of hydrogen-bond donors (Lipinski definition) is 1. The average molecular weight is 501 g/mol. The molecule has 3 heterocycles. The first kappa shape index (κ1) is 23.1. The molecule has 7 nitrogen and oxygen atoms in total. The Bertz CT molecular complexity index is 1330. The van der Waals surface area contributed by atoms with Crippen molar-refractivity contribution in [3.8, 4) is 11.5 Å². The van der Waals surface area contributed by atoms with E-state index in [1.165, 1.54) is 10.5 Å². The van der Waals surface area contributed by atoms with Crippen LogP contribution < -0.4 is 15.2 Å². The molecule has 0 aliphatic carbocycles. The fourth-order valence-electron chi connectivity index (χ4n) is 4.86. The van der Waals surface area contributed by atoms with Crippen LogP contribution in [0.2, 0.25) is 0 Å². The van der Waals surface area contributed by atoms with E-state index in [4.69, 9.17) is 20.2 Å². The van der Waals surface area contributed by atoms with Crippen molar-refractivity contribution < 1.29 is 14.3 Å². The predicted molar refractivity (Wildman–Crippen MR) is 141 cm³/mol. The minimum absolute atomic E-state index is 0.0582. The number of ether oxygens (including phenoxy) is 2. The van der Waals surface area contributed by atoms with Crippen LogP contribution in [0.1, 0.15) is 27.9 Å². The van der Waals surface area contributed by atoms with E-state index in [1.807, 2.05) is 47.4 Å². The van der Waals surface area contributed by atoms with Crippen LogP contribution in [0.5, 0.6) is 11.5 Å². The minimum atomic E-state index is 0.0582. The lowest BCUT2D eigenvalue weighted by Gasteiger charge is -2.35. The van der Waals surface area contributed by atoms with Gasteiger partial charge in [-0.3, -0.25) is 14.7 Å². The molecule has 36 heavy (non-hydrogen) atoms. The van der Waals surface area contributed by atoms with Crippen molar-refractivity contribution in [3.63, 3.8) is 0 Å². The van der Waals surface area contributed by atoms with E-state index in [2.05, 4.69) is 23.1 Å². The number of hydrogen-bond acceptors (Lipinski definition) is 7. The molecule has 8 heteroatoms. The third-order valence-corrected chi connectivity index (χ3v) is 7.90. The Morgan fingerprint density at radius 3 is 2.64 bits per heavy atom. The van der Waals surface area contributed by atoms with E-state index in [0.29, 0.717) is 31.6 Å². The van der Waals surface area contributed by atoms with Crippen LogP contribution in [0.25, 0.3) is 0 Å². The second-order valence-electron chi connectivity index (χ2n) is 9.13. The Hall–Kier alpha value is -3.33. The maximum Gasteiger partial charge on any atom is 0.254 e. The third-order valence-electron chi connectivity index (χ3n) is 6.76. The second kappa shape index (κ2) is 9.97. The molecule has 0 radical (unpaired) electrons. The van der Waals surface area contributed by atoms with Gasteiger partial charge < -0.3 is 20.1 Å². The molecule has 0 spiro atoms. The number of aliphatic imine (C=N–C) groups is 1. The lowest BCUT2D eigenvalue weighted by Crippen LogP contribution is -2.48. The Kier molecular flexibility index (Phi) is 6.39. The van der Waals surface area contributed by atoms with E-state index < -0.39 is 0 Å². The molecule has 6 rings (SSSR count). The first-order chi connectivity index (χ1) is 17.7. The molecule has 1 amide bonds. The molecule has 0 atom stereocenters. The number of carbonyl (C=O) groups excluding carboxylic acids is 1. The molecular weight excluding hydrogens is 472 g/mol. The molecule has 3 aliphatic heterocycles. The highest BCUT2D eigenvalue weighted by Crippen LogP contribution is 2.41. The average Bonchev–Trinajstić information content (AvgIpc) is 3.31. The molecule has 1 fully saturated rings. The van der Waals surface area contributed by atoms with Crippen LogP contribution >= 0.6 is 11.8 Å². The normalized spacial score (nSPS) is 16.7. The molecule has 0 aromatic heterocycles. The number of carbonyl (C=O) groups is 1. The third kappa shape index (κ3) is 4.59. The Labute approximate surface area is 214 Å². The summed E-state index contributed by atoms with van der Waals surface area (Å²) in [5.74, 6) is 1.67. The van der Waals surface area contributed by atoms with Crippen molar-refractivity contribution in [3.05, 3.63) is 77.4 Å². The van der Waals surface area contributed by atoms with E-state index >= 15 is 0 Å². The SMILES string of the molecule is NCCC1=Nc2cc(C(=O)N3CCN(Cc4ccc5c(c4)OCO5)CC3)ccc2Sc2ccccc21. The number of piperazine rings is 1. The largest absolute Gasteiger partial charge is 0.454 e. The number of nitrogens with two attached hydrogens (primary N) is 1. The summed E-state index contributed by atoms with van der Waals surface area (Å²) >= 11 is 1.69. The fourth-order valence-corrected chi connectivity index (χ4v) is 5.88. The number of amides is 1. The van der Waals surface area contributed by atoms with Gasteiger partial charge in [-0.15, -0.1) is 0 Å². The number of nitrogens with zero attached hydrogens (tertiary/aromatic N) is 3. The zero-order chi connectivity index (χ0) is 24.5. The summed E-state index contributed by atoms with van der Waals surface area (Å²) in [4.78, 5) is 24.9. The summed E-state index contributed by atoms with van der Waals surface area (Å²) in [7, 11) is 0. The van der Waals surface area contributed by atoms with Crippen molar-refractivity contribution in [1.82, 2.24) is 9.80 Å². The molecule has 0 saturated carbocycles. The smallest absolute Gasteiger partial charge is 0.254 e. The van der Waals surface area contributed by atoms with Crippen molar-refractivity contribution >= 4 is 29.1 Å². The van der Waals surface area contributed by atoms with Gasteiger partial charge in [0.15, 0.2) is 11.5 Å².